The van der Waals surface area contributed by atoms with Gasteiger partial charge in [0, 0.05) is 18.6 Å². The Morgan fingerprint density at radius 3 is 2.29 bits per heavy atom. The van der Waals surface area contributed by atoms with Crippen molar-refractivity contribution >= 4 is 0 Å². The van der Waals surface area contributed by atoms with Crippen molar-refractivity contribution in [3.05, 3.63) is 0 Å². The molecule has 14 heavy (non-hydrogen) atoms. The normalized spacial score (nSPS) is 36.4. The first kappa shape index (κ1) is 10.4. The smallest absolute Gasteiger partial charge is 0.0817 e. The van der Waals surface area contributed by atoms with Gasteiger partial charge in [0.15, 0.2) is 0 Å². The van der Waals surface area contributed by atoms with Crippen LogP contribution >= 0.6 is 0 Å². The zero-order valence-electron chi connectivity index (χ0n) is 10.0. The fourth-order valence-corrected chi connectivity index (χ4v) is 2.95. The van der Waals surface area contributed by atoms with Crippen molar-refractivity contribution in [1.82, 2.24) is 10.2 Å². The minimum atomic E-state index is 0.371. The summed E-state index contributed by atoms with van der Waals surface area (Å²) in [7, 11) is 0. The Balaban J connectivity index is 2.15. The molecule has 1 radical (unpaired) electrons. The van der Waals surface area contributed by atoms with Crippen LogP contribution in [0.2, 0.25) is 0 Å². The van der Waals surface area contributed by atoms with Gasteiger partial charge in [-0.25, -0.2) is 5.32 Å². The van der Waals surface area contributed by atoms with Gasteiger partial charge in [-0.3, -0.25) is 4.90 Å². The van der Waals surface area contributed by atoms with Crippen LogP contribution in [0.4, 0.5) is 0 Å². The predicted molar refractivity (Wildman–Crippen MR) is 59.2 cm³/mol. The maximum absolute atomic E-state index is 4.79. The molecule has 2 rings (SSSR count). The van der Waals surface area contributed by atoms with Gasteiger partial charge in [0.05, 0.1) is 6.17 Å². The molecular formula is C12H23N2. The van der Waals surface area contributed by atoms with E-state index in [9.17, 15) is 0 Å². The summed E-state index contributed by atoms with van der Waals surface area (Å²) in [6.07, 6.45) is 4.40. The van der Waals surface area contributed by atoms with E-state index in [-0.39, 0.29) is 0 Å². The van der Waals surface area contributed by atoms with E-state index in [1.165, 1.54) is 25.8 Å². The molecule has 2 nitrogen and oxygen atoms in total. The third kappa shape index (κ3) is 1.59. The lowest BCUT2D eigenvalue weighted by Gasteiger charge is -2.41. The first-order valence-corrected chi connectivity index (χ1v) is 5.87. The summed E-state index contributed by atoms with van der Waals surface area (Å²) in [4.78, 5) is 2.62. The largest absolute Gasteiger partial charge is 0.281 e. The Labute approximate surface area is 88.1 Å². The van der Waals surface area contributed by atoms with E-state index in [0.717, 1.165) is 6.54 Å². The van der Waals surface area contributed by atoms with Crippen LogP contribution in [-0.4, -0.2) is 29.7 Å². The van der Waals surface area contributed by atoms with Gasteiger partial charge in [-0.05, 0) is 38.5 Å². The Morgan fingerprint density at radius 2 is 1.86 bits per heavy atom. The lowest BCUT2D eigenvalue weighted by Crippen LogP contribution is -2.52. The molecule has 0 N–H and O–H groups in total. The van der Waals surface area contributed by atoms with Gasteiger partial charge in [-0.1, -0.05) is 13.8 Å². The molecule has 2 heteroatoms. The molecule has 0 aliphatic carbocycles. The Kier molecular flexibility index (Phi) is 2.39. The average Bonchev–Trinajstić information content (AvgIpc) is 2.53. The van der Waals surface area contributed by atoms with E-state index in [1.54, 1.807) is 0 Å². The van der Waals surface area contributed by atoms with E-state index >= 15 is 0 Å². The molecule has 1 unspecified atom stereocenters. The topological polar surface area (TPSA) is 17.3 Å². The summed E-state index contributed by atoms with van der Waals surface area (Å²) in [5.74, 6) is 0. The van der Waals surface area contributed by atoms with Gasteiger partial charge < -0.3 is 0 Å². The second-order valence-corrected chi connectivity index (χ2v) is 6.13. The Hall–Kier alpha value is -0.0800. The van der Waals surface area contributed by atoms with E-state index in [4.69, 9.17) is 5.32 Å². The average molecular weight is 195 g/mol. The van der Waals surface area contributed by atoms with Gasteiger partial charge in [-0.2, -0.15) is 0 Å². The molecule has 0 aromatic rings. The predicted octanol–water partition coefficient (Wildman–Crippen LogP) is 2.22. The van der Waals surface area contributed by atoms with Crippen molar-refractivity contribution in [2.24, 2.45) is 5.41 Å². The summed E-state index contributed by atoms with van der Waals surface area (Å²) >= 11 is 0. The van der Waals surface area contributed by atoms with Crippen molar-refractivity contribution in [1.29, 1.82) is 0 Å². The summed E-state index contributed by atoms with van der Waals surface area (Å²) in [6, 6.07) is 0. The molecule has 1 atom stereocenters. The van der Waals surface area contributed by atoms with E-state index < -0.39 is 0 Å². The number of hydrogen-bond donors (Lipinski definition) is 0. The van der Waals surface area contributed by atoms with Crippen LogP contribution in [0, 0.1) is 5.41 Å². The second-order valence-electron chi connectivity index (χ2n) is 6.13. The van der Waals surface area contributed by atoms with Gasteiger partial charge in [-0.15, -0.1) is 0 Å². The third-order valence-corrected chi connectivity index (χ3v) is 4.02. The zero-order chi connectivity index (χ0) is 10.4. The maximum Gasteiger partial charge on any atom is 0.0817 e. The Morgan fingerprint density at radius 1 is 1.14 bits per heavy atom. The second kappa shape index (κ2) is 3.21. The highest BCUT2D eigenvalue weighted by Gasteiger charge is 2.46. The zero-order valence-corrected chi connectivity index (χ0v) is 10.0. The van der Waals surface area contributed by atoms with Gasteiger partial charge in [0.2, 0.25) is 0 Å². The summed E-state index contributed by atoms with van der Waals surface area (Å²) in [6.45, 7) is 11.8. The van der Waals surface area contributed by atoms with Crippen LogP contribution in [0.15, 0.2) is 0 Å². The van der Waals surface area contributed by atoms with Gasteiger partial charge >= 0.3 is 0 Å². The molecule has 2 aliphatic rings. The highest BCUT2D eigenvalue weighted by atomic mass is 15.3. The standard InChI is InChI=1S/C12H23N2/c1-11(2)7-8-13-10(11)14-9-5-6-12(14,3)4/h10H,5-9H2,1-4H3. The van der Waals surface area contributed by atoms with E-state index in [2.05, 4.69) is 32.6 Å². The first-order valence-electron chi connectivity index (χ1n) is 5.87. The highest BCUT2D eigenvalue weighted by molar-refractivity contribution is 4.98. The number of nitrogens with zero attached hydrogens (tertiary/aromatic N) is 2. The van der Waals surface area contributed by atoms with Gasteiger partial charge in [0.1, 0.15) is 0 Å². The van der Waals surface area contributed by atoms with Gasteiger partial charge in [0.25, 0.3) is 0 Å². The summed E-state index contributed by atoms with van der Waals surface area (Å²) in [5, 5.41) is 4.79. The molecular weight excluding hydrogens is 172 g/mol. The highest BCUT2D eigenvalue weighted by Crippen LogP contribution is 2.40. The fourth-order valence-electron chi connectivity index (χ4n) is 2.95. The van der Waals surface area contributed by atoms with Crippen LogP contribution in [-0.2, 0) is 0 Å². The summed E-state index contributed by atoms with van der Waals surface area (Å²) in [5.41, 5.74) is 0.761. The molecule has 2 aliphatic heterocycles. The van der Waals surface area contributed by atoms with E-state index in [1.807, 2.05) is 0 Å². The molecule has 2 fully saturated rings. The summed E-state index contributed by atoms with van der Waals surface area (Å²) < 4.78 is 0. The quantitative estimate of drug-likeness (QED) is 0.627. The van der Waals surface area contributed by atoms with Crippen LogP contribution in [0.5, 0.6) is 0 Å². The molecule has 2 saturated heterocycles. The van der Waals surface area contributed by atoms with Crippen molar-refractivity contribution in [2.75, 3.05) is 13.1 Å². The lowest BCUT2D eigenvalue weighted by atomic mass is 9.87. The van der Waals surface area contributed by atoms with E-state index in [0.29, 0.717) is 17.1 Å². The molecule has 0 aromatic carbocycles. The minimum absolute atomic E-state index is 0.371. The molecule has 0 saturated carbocycles. The molecule has 0 spiro atoms. The van der Waals surface area contributed by atoms with Crippen molar-refractivity contribution in [2.45, 2.75) is 58.7 Å². The molecule has 81 valence electrons. The van der Waals surface area contributed by atoms with Crippen LogP contribution < -0.4 is 5.32 Å². The number of hydrogen-bond acceptors (Lipinski definition) is 1. The van der Waals surface area contributed by atoms with Crippen molar-refractivity contribution < 1.29 is 0 Å². The third-order valence-electron chi connectivity index (χ3n) is 4.02. The molecule has 2 heterocycles. The maximum atomic E-state index is 4.79. The van der Waals surface area contributed by atoms with Crippen LogP contribution in [0.3, 0.4) is 0 Å². The monoisotopic (exact) mass is 195 g/mol. The number of rotatable bonds is 1. The first-order chi connectivity index (χ1) is 6.43. The molecule has 0 amide bonds. The fraction of sp³-hybridized carbons (Fsp3) is 1.00. The van der Waals surface area contributed by atoms with Crippen molar-refractivity contribution in [3.63, 3.8) is 0 Å². The molecule has 0 bridgehead atoms. The SMILES string of the molecule is CC1(C)CC[N]C1N1CCCC1(C)C. The van der Waals surface area contributed by atoms with Crippen molar-refractivity contribution in [3.8, 4) is 0 Å². The number of likely N-dealkylation sites (tertiary alicyclic amines) is 1. The lowest BCUT2D eigenvalue weighted by molar-refractivity contribution is 0.0434. The molecule has 0 aromatic heterocycles. The minimum Gasteiger partial charge on any atom is -0.281 e. The van der Waals surface area contributed by atoms with Crippen LogP contribution in [0.1, 0.15) is 47.0 Å². The Bertz CT molecular complexity index is 196. The van der Waals surface area contributed by atoms with Crippen LogP contribution in [0.25, 0.3) is 0 Å².